The highest BCUT2D eigenvalue weighted by Gasteiger charge is 2.30. The van der Waals surface area contributed by atoms with Crippen LogP contribution in [0.25, 0.3) is 16.3 Å². The van der Waals surface area contributed by atoms with Crippen molar-refractivity contribution in [2.45, 2.75) is 12.8 Å². The molecule has 2 aliphatic rings. The summed E-state index contributed by atoms with van der Waals surface area (Å²) >= 11 is 0. The van der Waals surface area contributed by atoms with Crippen LogP contribution in [0.15, 0.2) is 72.8 Å². The molecule has 0 amide bonds. The van der Waals surface area contributed by atoms with Gasteiger partial charge in [-0.1, -0.05) is 60.7 Å². The average Bonchev–Trinajstić information content (AvgIpc) is 2.77. The Bertz CT molecular complexity index is 1200. The zero-order chi connectivity index (χ0) is 20.6. The minimum absolute atomic E-state index is 0.467. The molecule has 6 heteroatoms. The predicted octanol–water partition coefficient (Wildman–Crippen LogP) is 4.50. The molecule has 0 aliphatic carbocycles. The van der Waals surface area contributed by atoms with Gasteiger partial charge in [-0.15, -0.1) is 0 Å². The molecule has 0 atom stereocenters. The van der Waals surface area contributed by atoms with Crippen LogP contribution in [0.5, 0.6) is 0 Å². The lowest BCUT2D eigenvalue weighted by Gasteiger charge is -2.32. The van der Waals surface area contributed by atoms with Crippen LogP contribution in [0, 0.1) is 0 Å². The lowest BCUT2D eigenvalue weighted by Crippen LogP contribution is -2.40. The molecule has 0 fully saturated rings. The summed E-state index contributed by atoms with van der Waals surface area (Å²) in [6.45, 7) is 3.26. The molecular weight excluding hydrogens is 394 g/mol. The van der Waals surface area contributed by atoms with Crippen molar-refractivity contribution in [3.05, 3.63) is 78.4 Å². The van der Waals surface area contributed by atoms with Crippen LogP contribution < -0.4 is 9.03 Å². The Hall–Kier alpha value is -2.83. The van der Waals surface area contributed by atoms with Crippen LogP contribution in [-0.4, -0.2) is 39.5 Å². The Balaban J connectivity index is 1.27. The topological polar surface area (TPSA) is 52.7 Å². The van der Waals surface area contributed by atoms with Gasteiger partial charge in [0, 0.05) is 31.6 Å². The number of anilines is 2. The second kappa shape index (κ2) is 7.78. The Morgan fingerprint density at radius 3 is 2.47 bits per heavy atom. The Labute approximate surface area is 177 Å². The summed E-state index contributed by atoms with van der Waals surface area (Å²) < 4.78 is 30.0. The molecule has 154 valence electrons. The van der Waals surface area contributed by atoms with Crippen molar-refractivity contribution >= 4 is 37.9 Å². The van der Waals surface area contributed by atoms with Gasteiger partial charge in [0.25, 0.3) is 0 Å². The monoisotopic (exact) mass is 419 g/mol. The van der Waals surface area contributed by atoms with Crippen molar-refractivity contribution in [3.63, 3.8) is 0 Å². The molecule has 0 spiro atoms. The van der Waals surface area contributed by atoms with Gasteiger partial charge < -0.3 is 0 Å². The molecule has 30 heavy (non-hydrogen) atoms. The molecule has 2 aliphatic heterocycles. The van der Waals surface area contributed by atoms with Gasteiger partial charge in [0.05, 0.1) is 11.4 Å². The third-order valence-corrected chi connectivity index (χ3v) is 7.39. The molecule has 1 N–H and O–H groups in total. The summed E-state index contributed by atoms with van der Waals surface area (Å²) in [5.41, 5.74) is 4.13. The molecule has 0 bridgehead atoms. The van der Waals surface area contributed by atoms with Crippen LogP contribution in [0.4, 0.5) is 11.4 Å². The standard InChI is InChI=1S/C24H25N3O2S/c28-30(29)25-22-11-4-9-21-10-5-12-23(24(21)22)27(30)16-6-15-26-17-13-20(14-18-26)19-7-2-1-3-8-19/h1-5,7-13,25H,6,14-18H2. The summed E-state index contributed by atoms with van der Waals surface area (Å²) in [6, 6.07) is 22.1. The van der Waals surface area contributed by atoms with Gasteiger partial charge in [0.15, 0.2) is 0 Å². The highest BCUT2D eigenvalue weighted by Crippen LogP contribution is 2.38. The maximum Gasteiger partial charge on any atom is 0.324 e. The van der Waals surface area contributed by atoms with Crippen molar-refractivity contribution in [3.8, 4) is 0 Å². The van der Waals surface area contributed by atoms with E-state index in [4.69, 9.17) is 0 Å². The molecule has 5 rings (SSSR count). The van der Waals surface area contributed by atoms with Crippen LogP contribution in [0.3, 0.4) is 0 Å². The van der Waals surface area contributed by atoms with Gasteiger partial charge in [0.2, 0.25) is 0 Å². The Morgan fingerprint density at radius 2 is 1.70 bits per heavy atom. The maximum atomic E-state index is 12.9. The third-order valence-electron chi connectivity index (χ3n) is 5.95. The third kappa shape index (κ3) is 3.57. The molecule has 0 radical (unpaired) electrons. The first-order valence-electron chi connectivity index (χ1n) is 10.4. The number of hydrogen-bond acceptors (Lipinski definition) is 3. The molecule has 0 saturated carbocycles. The largest absolute Gasteiger partial charge is 0.324 e. The first kappa shape index (κ1) is 19.2. The summed E-state index contributed by atoms with van der Waals surface area (Å²) in [6.07, 6.45) is 4.11. The molecule has 2 heterocycles. The van der Waals surface area contributed by atoms with Crippen LogP contribution in [0.2, 0.25) is 0 Å². The van der Waals surface area contributed by atoms with E-state index in [0.29, 0.717) is 12.2 Å². The highest BCUT2D eigenvalue weighted by atomic mass is 32.2. The fraction of sp³-hybridized carbons (Fsp3) is 0.250. The fourth-order valence-corrected chi connectivity index (χ4v) is 5.78. The van der Waals surface area contributed by atoms with E-state index in [1.165, 1.54) is 15.4 Å². The van der Waals surface area contributed by atoms with Gasteiger partial charge in [-0.25, -0.2) is 0 Å². The van der Waals surface area contributed by atoms with Gasteiger partial charge >= 0.3 is 10.2 Å². The number of hydrogen-bond donors (Lipinski definition) is 1. The zero-order valence-electron chi connectivity index (χ0n) is 16.8. The van der Waals surface area contributed by atoms with E-state index in [-0.39, 0.29) is 0 Å². The van der Waals surface area contributed by atoms with Crippen molar-refractivity contribution in [2.75, 3.05) is 35.2 Å². The highest BCUT2D eigenvalue weighted by molar-refractivity contribution is 7.94. The summed E-state index contributed by atoms with van der Waals surface area (Å²) in [7, 11) is -3.58. The fourth-order valence-electron chi connectivity index (χ4n) is 4.44. The molecule has 0 saturated heterocycles. The molecular formula is C24H25N3O2S. The van der Waals surface area contributed by atoms with E-state index in [0.717, 1.165) is 48.9 Å². The van der Waals surface area contributed by atoms with Crippen LogP contribution >= 0.6 is 0 Å². The van der Waals surface area contributed by atoms with Gasteiger partial charge in [-0.05, 0) is 41.5 Å². The molecule has 5 nitrogen and oxygen atoms in total. The van der Waals surface area contributed by atoms with Crippen LogP contribution in [-0.2, 0) is 10.2 Å². The lowest BCUT2D eigenvalue weighted by molar-refractivity contribution is 0.300. The summed E-state index contributed by atoms with van der Waals surface area (Å²) in [5.74, 6) is 0. The van der Waals surface area contributed by atoms with E-state index in [1.54, 1.807) is 0 Å². The van der Waals surface area contributed by atoms with E-state index < -0.39 is 10.2 Å². The first-order valence-corrected chi connectivity index (χ1v) is 11.8. The zero-order valence-corrected chi connectivity index (χ0v) is 17.6. The van der Waals surface area contributed by atoms with Crippen molar-refractivity contribution in [1.82, 2.24) is 4.90 Å². The second-order valence-corrected chi connectivity index (χ2v) is 9.45. The van der Waals surface area contributed by atoms with Gasteiger partial charge in [0.1, 0.15) is 0 Å². The van der Waals surface area contributed by atoms with E-state index in [2.05, 4.69) is 40.0 Å². The van der Waals surface area contributed by atoms with Gasteiger partial charge in [-0.2, -0.15) is 8.42 Å². The van der Waals surface area contributed by atoms with Crippen molar-refractivity contribution in [1.29, 1.82) is 0 Å². The number of rotatable bonds is 5. The molecule has 3 aromatic rings. The summed E-state index contributed by atoms with van der Waals surface area (Å²) in [5, 5.41) is 2.02. The van der Waals surface area contributed by atoms with Crippen LogP contribution in [0.1, 0.15) is 18.4 Å². The lowest BCUT2D eigenvalue weighted by atomic mass is 9.99. The maximum absolute atomic E-state index is 12.9. The molecule has 0 unspecified atom stereocenters. The summed E-state index contributed by atoms with van der Waals surface area (Å²) in [4.78, 5) is 2.39. The minimum Gasteiger partial charge on any atom is -0.299 e. The Kier molecular flexibility index (Phi) is 4.97. The molecule has 0 aromatic heterocycles. The Morgan fingerprint density at radius 1 is 0.900 bits per heavy atom. The number of nitrogens with zero attached hydrogens (tertiary/aromatic N) is 2. The number of benzene rings is 3. The smallest absolute Gasteiger partial charge is 0.299 e. The predicted molar refractivity (Wildman–Crippen MR) is 124 cm³/mol. The second-order valence-electron chi connectivity index (χ2n) is 7.86. The van der Waals surface area contributed by atoms with E-state index >= 15 is 0 Å². The average molecular weight is 420 g/mol. The quantitative estimate of drug-likeness (QED) is 0.663. The van der Waals surface area contributed by atoms with E-state index in [9.17, 15) is 8.42 Å². The first-order chi connectivity index (χ1) is 14.6. The SMILES string of the molecule is O=S1(=O)Nc2cccc3cccc(c23)N1CCCN1CC=C(c2ccccc2)CC1. The van der Waals surface area contributed by atoms with Gasteiger partial charge in [-0.3, -0.25) is 13.9 Å². The minimum atomic E-state index is -3.58. The normalized spacial score (nSPS) is 18.1. The van der Waals surface area contributed by atoms with Crippen molar-refractivity contribution in [2.24, 2.45) is 0 Å². The number of nitrogens with one attached hydrogen (secondary N) is 1. The molecule has 3 aromatic carbocycles. The van der Waals surface area contributed by atoms with E-state index in [1.807, 2.05) is 42.5 Å². The van der Waals surface area contributed by atoms with Crippen molar-refractivity contribution < 1.29 is 8.42 Å².